The maximum absolute atomic E-state index is 13.4. The maximum atomic E-state index is 13.4. The van der Waals surface area contributed by atoms with Crippen molar-refractivity contribution in [3.8, 4) is 11.3 Å². The van der Waals surface area contributed by atoms with Crippen molar-refractivity contribution in [1.82, 2.24) is 4.98 Å². The number of hydrogen-bond acceptors (Lipinski definition) is 0. The molecule has 0 unspecified atom stereocenters. The summed E-state index contributed by atoms with van der Waals surface area (Å²) in [6.07, 6.45) is 1.84. The topological polar surface area (TPSA) is 15.8 Å². The van der Waals surface area contributed by atoms with Gasteiger partial charge in [-0.05, 0) is 36.8 Å². The molecule has 1 aromatic carbocycles. The molecule has 14 heavy (non-hydrogen) atoms. The number of aromatic amines is 1. The van der Waals surface area contributed by atoms with Crippen molar-refractivity contribution in [2.24, 2.45) is 0 Å². The first-order chi connectivity index (χ1) is 6.66. The molecule has 3 heteroatoms. The second-order valence-electron chi connectivity index (χ2n) is 3.21. The number of H-pyrrole nitrogens is 1. The van der Waals surface area contributed by atoms with Crippen LogP contribution < -0.4 is 0 Å². The van der Waals surface area contributed by atoms with Crippen molar-refractivity contribution >= 4 is 11.6 Å². The van der Waals surface area contributed by atoms with Gasteiger partial charge >= 0.3 is 0 Å². The molecule has 1 aromatic heterocycles. The number of hydrogen-bond donors (Lipinski definition) is 1. The minimum atomic E-state index is -0.306. The lowest BCUT2D eigenvalue weighted by molar-refractivity contribution is 0.631. The Labute approximate surface area is 86.5 Å². The predicted octanol–water partition coefficient (Wildman–Crippen LogP) is 3.78. The Hall–Kier alpha value is -1.28. The standard InChI is InChI=1S/C11H9ClFN/c1-7-4-11(14-6-7)9-3-2-8(12)5-10(9)13/h2-6,14H,1H3. The van der Waals surface area contributed by atoms with Crippen LogP contribution >= 0.6 is 11.6 Å². The zero-order chi connectivity index (χ0) is 10.1. The second-order valence-corrected chi connectivity index (χ2v) is 3.65. The quantitative estimate of drug-likeness (QED) is 0.736. The van der Waals surface area contributed by atoms with Crippen LogP contribution in [0, 0.1) is 12.7 Å². The summed E-state index contributed by atoms with van der Waals surface area (Å²) in [6.45, 7) is 1.95. The summed E-state index contributed by atoms with van der Waals surface area (Å²) in [6, 6.07) is 6.55. The normalized spacial score (nSPS) is 10.5. The summed E-state index contributed by atoms with van der Waals surface area (Å²) in [7, 11) is 0. The second kappa shape index (κ2) is 3.46. The Morgan fingerprint density at radius 1 is 1.29 bits per heavy atom. The Balaban J connectivity index is 2.52. The Morgan fingerprint density at radius 2 is 2.07 bits per heavy atom. The Kier molecular flexibility index (Phi) is 2.30. The minimum absolute atomic E-state index is 0.306. The van der Waals surface area contributed by atoms with Crippen LogP contribution in [0.4, 0.5) is 4.39 Å². The number of benzene rings is 1. The molecular formula is C11H9ClFN. The lowest BCUT2D eigenvalue weighted by Gasteiger charge is -2.00. The summed E-state index contributed by atoms with van der Waals surface area (Å²) in [5.41, 5.74) is 2.40. The molecule has 0 spiro atoms. The van der Waals surface area contributed by atoms with Crippen LogP contribution in [0.25, 0.3) is 11.3 Å². The molecule has 1 nitrogen and oxygen atoms in total. The fourth-order valence-corrected chi connectivity index (χ4v) is 1.52. The van der Waals surface area contributed by atoms with Crippen molar-refractivity contribution < 1.29 is 4.39 Å². The smallest absolute Gasteiger partial charge is 0.133 e. The highest BCUT2D eigenvalue weighted by atomic mass is 35.5. The largest absolute Gasteiger partial charge is 0.361 e. The van der Waals surface area contributed by atoms with Crippen LogP contribution in [0.15, 0.2) is 30.5 Å². The van der Waals surface area contributed by atoms with Gasteiger partial charge in [0, 0.05) is 22.5 Å². The molecule has 0 saturated heterocycles. The number of nitrogens with one attached hydrogen (secondary N) is 1. The van der Waals surface area contributed by atoms with Crippen LogP contribution in [-0.4, -0.2) is 4.98 Å². The van der Waals surface area contributed by atoms with Gasteiger partial charge in [-0.15, -0.1) is 0 Å². The fraction of sp³-hybridized carbons (Fsp3) is 0.0909. The molecule has 2 rings (SSSR count). The van der Waals surface area contributed by atoms with E-state index in [0.717, 1.165) is 11.3 Å². The van der Waals surface area contributed by atoms with Crippen LogP contribution in [-0.2, 0) is 0 Å². The van der Waals surface area contributed by atoms with Crippen molar-refractivity contribution in [2.45, 2.75) is 6.92 Å². The first kappa shape index (κ1) is 9.28. The molecule has 0 aliphatic rings. The van der Waals surface area contributed by atoms with E-state index in [9.17, 15) is 4.39 Å². The van der Waals surface area contributed by atoms with Gasteiger partial charge in [-0.3, -0.25) is 0 Å². The van der Waals surface area contributed by atoms with Gasteiger partial charge in [0.2, 0.25) is 0 Å². The van der Waals surface area contributed by atoms with E-state index in [2.05, 4.69) is 4.98 Å². The number of halogens is 2. The molecule has 0 radical (unpaired) electrons. The van der Waals surface area contributed by atoms with Crippen molar-refractivity contribution in [1.29, 1.82) is 0 Å². The molecule has 2 aromatic rings. The van der Waals surface area contributed by atoms with Crippen molar-refractivity contribution in [2.75, 3.05) is 0 Å². The molecule has 0 aliphatic carbocycles. The Morgan fingerprint density at radius 3 is 2.64 bits per heavy atom. The fourth-order valence-electron chi connectivity index (χ4n) is 1.37. The van der Waals surface area contributed by atoms with E-state index in [0.29, 0.717) is 10.6 Å². The lowest BCUT2D eigenvalue weighted by Crippen LogP contribution is -1.83. The van der Waals surface area contributed by atoms with Crippen LogP contribution in [0.2, 0.25) is 5.02 Å². The molecule has 1 heterocycles. The highest BCUT2D eigenvalue weighted by Gasteiger charge is 2.06. The zero-order valence-electron chi connectivity index (χ0n) is 7.64. The Bertz CT molecular complexity index is 462. The summed E-state index contributed by atoms with van der Waals surface area (Å²) in [5.74, 6) is -0.306. The molecule has 0 aliphatic heterocycles. The van der Waals surface area contributed by atoms with Gasteiger partial charge in [0.1, 0.15) is 5.82 Å². The summed E-state index contributed by atoms with van der Waals surface area (Å²) >= 11 is 5.66. The van der Waals surface area contributed by atoms with E-state index in [-0.39, 0.29) is 5.82 Å². The average molecular weight is 210 g/mol. The van der Waals surface area contributed by atoms with Crippen LogP contribution in [0.3, 0.4) is 0 Å². The highest BCUT2D eigenvalue weighted by molar-refractivity contribution is 6.30. The van der Waals surface area contributed by atoms with Gasteiger partial charge < -0.3 is 4.98 Å². The maximum Gasteiger partial charge on any atom is 0.133 e. The van der Waals surface area contributed by atoms with Gasteiger partial charge in [-0.2, -0.15) is 0 Å². The molecule has 0 saturated carbocycles. The lowest BCUT2D eigenvalue weighted by atomic mass is 10.1. The number of aryl methyl sites for hydroxylation is 1. The highest BCUT2D eigenvalue weighted by Crippen LogP contribution is 2.24. The molecule has 0 fully saturated rings. The predicted molar refractivity (Wildman–Crippen MR) is 55.9 cm³/mol. The van der Waals surface area contributed by atoms with Crippen LogP contribution in [0.5, 0.6) is 0 Å². The van der Waals surface area contributed by atoms with Gasteiger partial charge in [-0.1, -0.05) is 11.6 Å². The van der Waals surface area contributed by atoms with E-state index < -0.39 is 0 Å². The third-order valence-electron chi connectivity index (χ3n) is 2.05. The van der Waals surface area contributed by atoms with Gasteiger partial charge in [-0.25, -0.2) is 4.39 Å². The number of rotatable bonds is 1. The molecule has 72 valence electrons. The van der Waals surface area contributed by atoms with E-state index in [4.69, 9.17) is 11.6 Å². The first-order valence-corrected chi connectivity index (χ1v) is 4.65. The monoisotopic (exact) mass is 209 g/mol. The van der Waals surface area contributed by atoms with E-state index in [1.165, 1.54) is 6.07 Å². The third kappa shape index (κ3) is 1.66. The summed E-state index contributed by atoms with van der Waals surface area (Å²) in [5, 5.41) is 0.412. The molecule has 0 atom stereocenters. The zero-order valence-corrected chi connectivity index (χ0v) is 8.40. The van der Waals surface area contributed by atoms with Gasteiger partial charge in [0.05, 0.1) is 0 Å². The van der Waals surface area contributed by atoms with Gasteiger partial charge in [0.15, 0.2) is 0 Å². The van der Waals surface area contributed by atoms with Crippen molar-refractivity contribution in [3.63, 3.8) is 0 Å². The first-order valence-electron chi connectivity index (χ1n) is 4.27. The molecule has 1 N–H and O–H groups in total. The SMILES string of the molecule is Cc1c[nH]c(-c2ccc(Cl)cc2F)c1. The van der Waals surface area contributed by atoms with Crippen molar-refractivity contribution in [3.05, 3.63) is 46.9 Å². The van der Waals surface area contributed by atoms with Gasteiger partial charge in [0.25, 0.3) is 0 Å². The molecule has 0 bridgehead atoms. The average Bonchev–Trinajstić information content (AvgIpc) is 2.51. The summed E-state index contributed by atoms with van der Waals surface area (Å²) < 4.78 is 13.4. The molecular weight excluding hydrogens is 201 g/mol. The van der Waals surface area contributed by atoms with E-state index in [1.807, 2.05) is 19.2 Å². The minimum Gasteiger partial charge on any atom is -0.361 e. The third-order valence-corrected chi connectivity index (χ3v) is 2.28. The van der Waals surface area contributed by atoms with E-state index in [1.54, 1.807) is 12.1 Å². The van der Waals surface area contributed by atoms with Crippen LogP contribution in [0.1, 0.15) is 5.56 Å². The summed E-state index contributed by atoms with van der Waals surface area (Å²) in [4.78, 5) is 3.00. The molecule has 0 amide bonds. The number of aromatic nitrogens is 1. The van der Waals surface area contributed by atoms with E-state index >= 15 is 0 Å².